The first-order valence-corrected chi connectivity index (χ1v) is 9.54. The lowest BCUT2D eigenvalue weighted by Crippen LogP contribution is -2.41. The number of thiophene rings is 1. The van der Waals surface area contributed by atoms with Gasteiger partial charge in [-0.3, -0.25) is 9.69 Å². The SMILES string of the molecule is CN(CC(=O)NCCN1CCc2sccc2C1)S(C)(=O)=O. The van der Waals surface area contributed by atoms with Crippen molar-refractivity contribution in [3.63, 3.8) is 0 Å². The van der Waals surface area contributed by atoms with Crippen molar-refractivity contribution in [2.24, 2.45) is 0 Å². The minimum atomic E-state index is -3.31. The average Bonchev–Trinajstić information content (AvgIpc) is 2.84. The minimum Gasteiger partial charge on any atom is -0.354 e. The molecule has 0 unspecified atom stereocenters. The van der Waals surface area contributed by atoms with Gasteiger partial charge < -0.3 is 5.32 Å². The van der Waals surface area contributed by atoms with Gasteiger partial charge in [0.25, 0.3) is 0 Å². The Morgan fingerprint density at radius 1 is 1.52 bits per heavy atom. The molecule has 0 saturated heterocycles. The van der Waals surface area contributed by atoms with Crippen LogP contribution in [-0.2, 0) is 27.8 Å². The van der Waals surface area contributed by atoms with E-state index in [1.165, 1.54) is 17.5 Å². The molecule has 8 heteroatoms. The Bertz CT molecular complexity index is 598. The van der Waals surface area contributed by atoms with Crippen molar-refractivity contribution in [1.82, 2.24) is 14.5 Å². The topological polar surface area (TPSA) is 69.7 Å². The maximum absolute atomic E-state index is 11.7. The Balaban J connectivity index is 1.69. The smallest absolute Gasteiger partial charge is 0.235 e. The molecule has 2 heterocycles. The first kappa shape index (κ1) is 16.4. The highest BCUT2D eigenvalue weighted by molar-refractivity contribution is 7.88. The summed E-state index contributed by atoms with van der Waals surface area (Å²) in [7, 11) is -1.91. The lowest BCUT2D eigenvalue weighted by molar-refractivity contribution is -0.121. The third-order valence-corrected chi connectivity index (χ3v) is 5.85. The summed E-state index contributed by atoms with van der Waals surface area (Å²) in [5.41, 5.74) is 1.38. The fourth-order valence-electron chi connectivity index (χ4n) is 2.23. The molecule has 6 nitrogen and oxygen atoms in total. The molecule has 0 aliphatic carbocycles. The van der Waals surface area contributed by atoms with Crippen molar-refractivity contribution in [3.05, 3.63) is 21.9 Å². The number of rotatable bonds is 6. The molecule has 0 radical (unpaired) electrons. The van der Waals surface area contributed by atoms with Crippen LogP contribution in [-0.4, -0.2) is 63.0 Å². The van der Waals surface area contributed by atoms with E-state index in [1.54, 1.807) is 11.3 Å². The van der Waals surface area contributed by atoms with E-state index >= 15 is 0 Å². The molecule has 1 aliphatic rings. The van der Waals surface area contributed by atoms with E-state index in [0.717, 1.165) is 36.6 Å². The first-order valence-electron chi connectivity index (χ1n) is 6.82. The van der Waals surface area contributed by atoms with Crippen molar-refractivity contribution >= 4 is 27.3 Å². The molecule has 0 spiro atoms. The number of likely N-dealkylation sites (N-methyl/N-ethyl adjacent to an activating group) is 1. The summed E-state index contributed by atoms with van der Waals surface area (Å²) in [6, 6.07) is 2.16. The molecule has 0 saturated carbocycles. The highest BCUT2D eigenvalue weighted by Gasteiger charge is 2.18. The second-order valence-corrected chi connectivity index (χ2v) is 8.35. The van der Waals surface area contributed by atoms with Crippen molar-refractivity contribution < 1.29 is 13.2 Å². The van der Waals surface area contributed by atoms with Crippen LogP contribution in [0, 0.1) is 0 Å². The van der Waals surface area contributed by atoms with Gasteiger partial charge in [0.1, 0.15) is 0 Å². The van der Waals surface area contributed by atoms with Crippen LogP contribution in [0.5, 0.6) is 0 Å². The molecule has 118 valence electrons. The number of sulfonamides is 1. The van der Waals surface area contributed by atoms with Gasteiger partial charge in [-0.1, -0.05) is 0 Å². The van der Waals surface area contributed by atoms with Gasteiger partial charge >= 0.3 is 0 Å². The largest absolute Gasteiger partial charge is 0.354 e. The Morgan fingerprint density at radius 3 is 3.00 bits per heavy atom. The summed E-state index contributed by atoms with van der Waals surface area (Å²) in [5, 5.41) is 4.89. The van der Waals surface area contributed by atoms with E-state index < -0.39 is 10.0 Å². The van der Waals surface area contributed by atoms with Crippen LogP contribution in [0.15, 0.2) is 11.4 Å². The summed E-state index contributed by atoms with van der Waals surface area (Å²) < 4.78 is 23.5. The zero-order valence-corrected chi connectivity index (χ0v) is 14.0. The third-order valence-electron chi connectivity index (χ3n) is 3.57. The van der Waals surface area contributed by atoms with Crippen molar-refractivity contribution in [3.8, 4) is 0 Å². The summed E-state index contributed by atoms with van der Waals surface area (Å²) in [6.45, 7) is 3.12. The predicted molar refractivity (Wildman–Crippen MR) is 83.8 cm³/mol. The fraction of sp³-hybridized carbons (Fsp3) is 0.615. The second-order valence-electron chi connectivity index (χ2n) is 5.26. The molecule has 1 N–H and O–H groups in total. The lowest BCUT2D eigenvalue weighted by Gasteiger charge is -2.26. The second kappa shape index (κ2) is 6.87. The Labute approximate surface area is 129 Å². The van der Waals surface area contributed by atoms with Crippen LogP contribution in [0.3, 0.4) is 0 Å². The van der Waals surface area contributed by atoms with Crippen molar-refractivity contribution in [2.45, 2.75) is 13.0 Å². The molecular weight excluding hydrogens is 310 g/mol. The normalized spacial score (nSPS) is 16.0. The number of hydrogen-bond acceptors (Lipinski definition) is 5. The molecule has 2 rings (SSSR count). The predicted octanol–water partition coefficient (Wildman–Crippen LogP) is 0.114. The van der Waals surface area contributed by atoms with Crippen LogP contribution in [0.4, 0.5) is 0 Å². The number of carbonyl (C=O) groups is 1. The zero-order chi connectivity index (χ0) is 15.5. The number of nitrogens with one attached hydrogen (secondary N) is 1. The Kier molecular flexibility index (Phi) is 5.37. The molecule has 1 aromatic rings. The van der Waals surface area contributed by atoms with E-state index in [9.17, 15) is 13.2 Å². The van der Waals surface area contributed by atoms with Gasteiger partial charge in [0.05, 0.1) is 12.8 Å². The molecule has 0 fully saturated rings. The monoisotopic (exact) mass is 331 g/mol. The average molecular weight is 331 g/mol. The molecule has 1 aliphatic heterocycles. The number of amides is 1. The maximum atomic E-state index is 11.7. The minimum absolute atomic E-state index is 0.131. The molecule has 1 aromatic heterocycles. The van der Waals surface area contributed by atoms with E-state index in [4.69, 9.17) is 0 Å². The number of hydrogen-bond donors (Lipinski definition) is 1. The zero-order valence-electron chi connectivity index (χ0n) is 12.3. The molecular formula is C13H21N3O3S2. The van der Waals surface area contributed by atoms with Gasteiger partial charge in [0.2, 0.25) is 15.9 Å². The highest BCUT2D eigenvalue weighted by Crippen LogP contribution is 2.23. The van der Waals surface area contributed by atoms with Crippen molar-refractivity contribution in [2.75, 3.05) is 39.5 Å². The summed E-state index contributed by atoms with van der Waals surface area (Å²) in [5.74, 6) is -0.267. The summed E-state index contributed by atoms with van der Waals surface area (Å²) in [6.07, 6.45) is 2.16. The third kappa shape index (κ3) is 4.77. The Morgan fingerprint density at radius 2 is 2.29 bits per heavy atom. The molecule has 0 bridgehead atoms. The molecule has 1 amide bonds. The van der Waals surface area contributed by atoms with Crippen LogP contribution in [0.25, 0.3) is 0 Å². The lowest BCUT2D eigenvalue weighted by atomic mass is 10.1. The number of fused-ring (bicyclic) bond motifs is 1. The quantitative estimate of drug-likeness (QED) is 0.803. The van der Waals surface area contributed by atoms with Crippen LogP contribution in [0.2, 0.25) is 0 Å². The van der Waals surface area contributed by atoms with Gasteiger partial charge in [0, 0.05) is 38.1 Å². The maximum Gasteiger partial charge on any atom is 0.235 e. The van der Waals surface area contributed by atoms with Crippen LogP contribution in [0.1, 0.15) is 10.4 Å². The van der Waals surface area contributed by atoms with Gasteiger partial charge in [-0.15, -0.1) is 11.3 Å². The van der Waals surface area contributed by atoms with Gasteiger partial charge in [-0.05, 0) is 23.4 Å². The molecule has 0 atom stereocenters. The fourth-order valence-corrected chi connectivity index (χ4v) is 3.47. The van der Waals surface area contributed by atoms with E-state index in [2.05, 4.69) is 21.7 Å². The van der Waals surface area contributed by atoms with Crippen molar-refractivity contribution in [1.29, 1.82) is 0 Å². The van der Waals surface area contributed by atoms with Crippen LogP contribution >= 0.6 is 11.3 Å². The number of nitrogens with zero attached hydrogens (tertiary/aromatic N) is 2. The summed E-state index contributed by atoms with van der Waals surface area (Å²) >= 11 is 1.81. The van der Waals surface area contributed by atoms with E-state index in [-0.39, 0.29) is 12.5 Å². The standard InChI is InChI=1S/C13H21N3O3S2/c1-15(21(2,18)19)10-13(17)14-5-7-16-6-3-12-11(9-16)4-8-20-12/h4,8H,3,5-7,9-10H2,1-2H3,(H,14,17). The number of carbonyl (C=O) groups excluding carboxylic acids is 1. The van der Waals surface area contributed by atoms with E-state index in [0.29, 0.717) is 6.54 Å². The van der Waals surface area contributed by atoms with Crippen LogP contribution < -0.4 is 5.32 Å². The van der Waals surface area contributed by atoms with Gasteiger partial charge in [0.15, 0.2) is 0 Å². The van der Waals surface area contributed by atoms with Gasteiger partial charge in [-0.2, -0.15) is 4.31 Å². The molecule has 0 aromatic carbocycles. The highest BCUT2D eigenvalue weighted by atomic mass is 32.2. The summed E-state index contributed by atoms with van der Waals surface area (Å²) in [4.78, 5) is 15.4. The first-order chi connectivity index (χ1) is 9.86. The van der Waals surface area contributed by atoms with Gasteiger partial charge in [-0.25, -0.2) is 8.42 Å². The van der Waals surface area contributed by atoms with E-state index in [1.807, 2.05) is 0 Å². The Hall–Kier alpha value is -0.960. The molecule has 21 heavy (non-hydrogen) atoms.